The van der Waals surface area contributed by atoms with Gasteiger partial charge in [-0.15, -0.1) is 0 Å². The molecule has 4 heterocycles. The number of carbonyl (C=O) groups excluding carboxylic acids is 1. The third-order valence-corrected chi connectivity index (χ3v) is 10.9. The molecule has 0 spiro atoms. The third-order valence-electron chi connectivity index (χ3n) is 7.87. The van der Waals surface area contributed by atoms with E-state index in [0.717, 1.165) is 36.6 Å². The predicted octanol–water partition coefficient (Wildman–Crippen LogP) is 5.12. The summed E-state index contributed by atoms with van der Waals surface area (Å²) in [5.41, 5.74) is 1.63. The molecular formula is C23H36N2OS2. The summed E-state index contributed by atoms with van der Waals surface area (Å²) in [4.78, 5) is 18.3. The fourth-order valence-corrected chi connectivity index (χ4v) is 9.64. The van der Waals surface area contributed by atoms with Gasteiger partial charge in [-0.3, -0.25) is 9.69 Å². The summed E-state index contributed by atoms with van der Waals surface area (Å²) in [5.74, 6) is 3.22. The monoisotopic (exact) mass is 420 g/mol. The zero-order valence-electron chi connectivity index (χ0n) is 17.2. The van der Waals surface area contributed by atoms with Crippen LogP contribution in [0.1, 0.15) is 70.6 Å². The van der Waals surface area contributed by atoms with Crippen LogP contribution in [0.15, 0.2) is 11.6 Å². The van der Waals surface area contributed by atoms with Gasteiger partial charge in [0.15, 0.2) is 0 Å². The van der Waals surface area contributed by atoms with Crippen molar-refractivity contribution in [1.29, 1.82) is 0 Å². The third kappa shape index (κ3) is 4.05. The number of hydrogen-bond acceptors (Lipinski definition) is 4. The SMILES string of the molecule is O=C(CCCCC1CCSS1)N1CCCC2=C[C@H]3C[C@H](CN4CCCC[C@H]34)[C@@H]21. The van der Waals surface area contributed by atoms with Crippen molar-refractivity contribution in [3.05, 3.63) is 11.6 Å². The molecule has 1 amide bonds. The Hall–Kier alpha value is -0.130. The largest absolute Gasteiger partial charge is 0.336 e. The summed E-state index contributed by atoms with van der Waals surface area (Å²) >= 11 is 0. The molecule has 0 aromatic heterocycles. The molecule has 4 fully saturated rings. The van der Waals surface area contributed by atoms with Gasteiger partial charge in [0.05, 0.1) is 6.04 Å². The average molecular weight is 421 g/mol. The van der Waals surface area contributed by atoms with Crippen LogP contribution in [0.3, 0.4) is 0 Å². The van der Waals surface area contributed by atoms with Crippen LogP contribution >= 0.6 is 21.6 Å². The maximum Gasteiger partial charge on any atom is 0.223 e. The van der Waals surface area contributed by atoms with Crippen LogP contribution in [-0.4, -0.2) is 58.4 Å². The molecule has 0 aromatic carbocycles. The van der Waals surface area contributed by atoms with Gasteiger partial charge >= 0.3 is 0 Å². The molecule has 2 bridgehead atoms. The first-order valence-electron chi connectivity index (χ1n) is 11.8. The van der Waals surface area contributed by atoms with E-state index in [4.69, 9.17) is 0 Å². The number of piperidine rings is 3. The topological polar surface area (TPSA) is 23.6 Å². The summed E-state index contributed by atoms with van der Waals surface area (Å²) < 4.78 is 0. The number of nitrogens with zero attached hydrogens (tertiary/aromatic N) is 2. The zero-order valence-corrected chi connectivity index (χ0v) is 18.8. The molecule has 4 saturated heterocycles. The fourth-order valence-electron chi connectivity index (χ4n) is 6.61. The Morgan fingerprint density at radius 2 is 2.11 bits per heavy atom. The van der Waals surface area contributed by atoms with Crippen LogP contribution in [0.25, 0.3) is 0 Å². The van der Waals surface area contributed by atoms with Crippen molar-refractivity contribution in [1.82, 2.24) is 9.80 Å². The second kappa shape index (κ2) is 8.93. The first kappa shape index (κ1) is 19.8. The number of fused-ring (bicyclic) bond motifs is 6. The maximum atomic E-state index is 13.2. The lowest BCUT2D eigenvalue weighted by Crippen LogP contribution is -2.60. The lowest BCUT2D eigenvalue weighted by Gasteiger charge is -2.54. The Morgan fingerprint density at radius 3 is 3.00 bits per heavy atom. The minimum atomic E-state index is 0.433. The normalized spacial score (nSPS) is 37.9. The van der Waals surface area contributed by atoms with Crippen LogP contribution in [-0.2, 0) is 4.79 Å². The first-order chi connectivity index (χ1) is 13.8. The van der Waals surface area contributed by atoms with E-state index in [9.17, 15) is 4.79 Å². The van der Waals surface area contributed by atoms with Crippen LogP contribution in [0.5, 0.6) is 0 Å². The van der Waals surface area contributed by atoms with Gasteiger partial charge in [-0.25, -0.2) is 0 Å². The van der Waals surface area contributed by atoms with Gasteiger partial charge < -0.3 is 4.90 Å². The van der Waals surface area contributed by atoms with E-state index < -0.39 is 0 Å². The molecule has 5 rings (SSSR count). The lowest BCUT2D eigenvalue weighted by molar-refractivity contribution is -0.136. The van der Waals surface area contributed by atoms with E-state index >= 15 is 0 Å². The van der Waals surface area contributed by atoms with Crippen molar-refractivity contribution < 1.29 is 4.79 Å². The van der Waals surface area contributed by atoms with Gasteiger partial charge in [-0.1, -0.05) is 46.1 Å². The molecule has 156 valence electrons. The molecule has 0 radical (unpaired) electrons. The van der Waals surface area contributed by atoms with Crippen LogP contribution in [0.2, 0.25) is 0 Å². The van der Waals surface area contributed by atoms with E-state index in [-0.39, 0.29) is 0 Å². The summed E-state index contributed by atoms with van der Waals surface area (Å²) in [6.45, 7) is 3.53. The molecular weight excluding hydrogens is 384 g/mol. The number of amides is 1. The van der Waals surface area contributed by atoms with Crippen molar-refractivity contribution >= 4 is 27.5 Å². The first-order valence-corrected chi connectivity index (χ1v) is 14.2. The Labute approximate surface area is 178 Å². The molecule has 1 unspecified atom stereocenters. The van der Waals surface area contributed by atoms with Gasteiger partial charge in [0.2, 0.25) is 5.91 Å². The van der Waals surface area contributed by atoms with Gasteiger partial charge in [-0.2, -0.15) is 0 Å². The second-order valence-corrected chi connectivity index (χ2v) is 12.5. The molecule has 1 aliphatic carbocycles. The standard InChI is InChI=1S/C23H36N2OS2/c26-22(9-2-1-7-20-10-13-27-28-20)25-12-5-6-17-14-18-15-19(23(17)25)16-24-11-4-3-8-21(18)24/h14,18-21,23H,1-13,15-16H2/t18-,19+,20?,21+,23+/m0/s1. The molecule has 3 nitrogen and oxygen atoms in total. The minimum Gasteiger partial charge on any atom is -0.336 e. The number of unbranched alkanes of at least 4 members (excludes halogenated alkanes) is 1. The zero-order chi connectivity index (χ0) is 18.9. The summed E-state index contributed by atoms with van der Waals surface area (Å²) in [7, 11) is 4.10. The Balaban J connectivity index is 1.21. The van der Waals surface area contributed by atoms with Gasteiger partial charge in [0.25, 0.3) is 0 Å². The molecule has 0 saturated carbocycles. The van der Waals surface area contributed by atoms with Crippen molar-refractivity contribution in [3.8, 4) is 0 Å². The van der Waals surface area contributed by atoms with Gasteiger partial charge in [0.1, 0.15) is 0 Å². The quantitative estimate of drug-likeness (QED) is 0.350. The van der Waals surface area contributed by atoms with Crippen LogP contribution in [0, 0.1) is 11.8 Å². The fraction of sp³-hybridized carbons (Fsp3) is 0.870. The van der Waals surface area contributed by atoms with Crippen molar-refractivity contribution in [2.45, 2.75) is 88.0 Å². The summed E-state index contributed by atoms with van der Waals surface area (Å²) in [6, 6.07) is 1.23. The van der Waals surface area contributed by atoms with Gasteiger partial charge in [-0.05, 0) is 69.7 Å². The van der Waals surface area contributed by atoms with Crippen molar-refractivity contribution in [3.63, 3.8) is 0 Å². The van der Waals surface area contributed by atoms with E-state index in [1.165, 1.54) is 76.6 Å². The minimum absolute atomic E-state index is 0.433. The summed E-state index contributed by atoms with van der Waals surface area (Å²) in [6.07, 6.45) is 16.3. The molecule has 4 aliphatic heterocycles. The Kier molecular flexibility index (Phi) is 6.32. The highest BCUT2D eigenvalue weighted by Gasteiger charge is 2.46. The van der Waals surface area contributed by atoms with Crippen LogP contribution < -0.4 is 0 Å². The lowest BCUT2D eigenvalue weighted by atomic mass is 9.68. The second-order valence-electron chi connectivity index (χ2n) is 9.67. The molecule has 0 aromatic rings. The van der Waals surface area contributed by atoms with E-state index in [2.05, 4.69) is 26.7 Å². The highest BCUT2D eigenvalue weighted by atomic mass is 33.1. The maximum absolute atomic E-state index is 13.2. The van der Waals surface area contributed by atoms with E-state index in [0.29, 0.717) is 17.9 Å². The number of hydrogen-bond donors (Lipinski definition) is 0. The Morgan fingerprint density at radius 1 is 1.14 bits per heavy atom. The molecule has 5 aliphatic rings. The molecule has 5 heteroatoms. The number of likely N-dealkylation sites (tertiary alicyclic amines) is 1. The molecule has 28 heavy (non-hydrogen) atoms. The Bertz CT molecular complexity index is 603. The van der Waals surface area contributed by atoms with Gasteiger partial charge in [0, 0.05) is 36.6 Å². The number of carbonyl (C=O) groups is 1. The van der Waals surface area contributed by atoms with E-state index in [1.54, 1.807) is 5.57 Å². The smallest absolute Gasteiger partial charge is 0.223 e. The van der Waals surface area contributed by atoms with Crippen LogP contribution in [0.4, 0.5) is 0 Å². The highest BCUT2D eigenvalue weighted by molar-refractivity contribution is 8.77. The summed E-state index contributed by atoms with van der Waals surface area (Å²) in [5, 5.41) is 0.847. The van der Waals surface area contributed by atoms with Crippen molar-refractivity contribution in [2.24, 2.45) is 11.8 Å². The average Bonchev–Trinajstić information content (AvgIpc) is 3.24. The van der Waals surface area contributed by atoms with Crippen molar-refractivity contribution in [2.75, 3.05) is 25.4 Å². The predicted molar refractivity (Wildman–Crippen MR) is 121 cm³/mol. The van der Waals surface area contributed by atoms with E-state index in [1.807, 2.05) is 10.8 Å². The molecule has 0 N–H and O–H groups in total. The highest BCUT2D eigenvalue weighted by Crippen LogP contribution is 2.45. The number of rotatable bonds is 5. The molecule has 5 atom stereocenters.